The minimum absolute atomic E-state index is 0.00966. The second kappa shape index (κ2) is 18.1. The van der Waals surface area contributed by atoms with Crippen LogP contribution in [-0.2, 0) is 25.7 Å². The van der Waals surface area contributed by atoms with Crippen LogP contribution in [-0.4, -0.2) is 84.8 Å². The van der Waals surface area contributed by atoms with E-state index in [-0.39, 0.29) is 29.3 Å². The Hall–Kier alpha value is -3.20. The lowest BCUT2D eigenvalue weighted by molar-refractivity contribution is 0.128. The summed E-state index contributed by atoms with van der Waals surface area (Å²) in [7, 11) is 4.78. The Kier molecular flexibility index (Phi) is 14.8. The molecule has 1 aromatic carbocycles. The molecule has 206 valence electrons. The fraction of sp³-hybridized carbons (Fsp3) is 0.417. The molecule has 1 aromatic heterocycles. The molecule has 0 radical (unpaired) electrons. The molecule has 14 heteroatoms. The van der Waals surface area contributed by atoms with Crippen molar-refractivity contribution >= 4 is 47.0 Å². The van der Waals surface area contributed by atoms with E-state index < -0.39 is 6.09 Å². The number of benzene rings is 1. The lowest BCUT2D eigenvalue weighted by Crippen LogP contribution is -2.29. The van der Waals surface area contributed by atoms with E-state index in [2.05, 4.69) is 20.7 Å². The fourth-order valence-corrected chi connectivity index (χ4v) is 5.12. The number of methoxy groups -OCH3 is 2. The number of thioether (sulfide) groups is 2. The highest BCUT2D eigenvalue weighted by Gasteiger charge is 2.16. The van der Waals surface area contributed by atoms with Crippen molar-refractivity contribution in [3.8, 4) is 0 Å². The van der Waals surface area contributed by atoms with Gasteiger partial charge in [-0.2, -0.15) is 5.53 Å². The van der Waals surface area contributed by atoms with E-state index in [9.17, 15) is 4.79 Å². The molecule has 12 nitrogen and oxygen atoms in total. The van der Waals surface area contributed by atoms with E-state index in [1.807, 2.05) is 18.2 Å². The molecular formula is C24H33N7O5S2. The second-order valence-electron chi connectivity index (χ2n) is 7.45. The van der Waals surface area contributed by atoms with Gasteiger partial charge < -0.3 is 19.0 Å². The van der Waals surface area contributed by atoms with Crippen molar-refractivity contribution in [2.24, 2.45) is 10.4 Å². The molecule has 0 bridgehead atoms. The molecule has 0 aliphatic rings. The highest BCUT2D eigenvalue weighted by atomic mass is 32.2. The summed E-state index contributed by atoms with van der Waals surface area (Å²) in [6.07, 6.45) is -0.611. The molecule has 1 heterocycles. The number of amidine groups is 1. The molecule has 2 aromatic rings. The number of oxime groups is 1. The summed E-state index contributed by atoms with van der Waals surface area (Å²) in [5.41, 5.74) is 8.52. The predicted molar refractivity (Wildman–Crippen MR) is 150 cm³/mol. The van der Waals surface area contributed by atoms with Gasteiger partial charge in [-0.15, -0.1) is 23.5 Å². The maximum atomic E-state index is 12.4. The Labute approximate surface area is 230 Å². The number of carbonyl (C=O) groups is 1. The maximum Gasteiger partial charge on any atom is 0.412 e. The molecule has 38 heavy (non-hydrogen) atoms. The number of anilines is 1. The van der Waals surface area contributed by atoms with Crippen molar-refractivity contribution in [2.45, 2.75) is 11.2 Å². The first-order valence-electron chi connectivity index (χ1n) is 11.5. The molecule has 3 N–H and O–H groups in total. The van der Waals surface area contributed by atoms with Crippen LogP contribution < -0.4 is 5.32 Å². The highest BCUT2D eigenvalue weighted by molar-refractivity contribution is 8.17. The molecule has 0 spiro atoms. The molecule has 0 aliphatic heterocycles. The summed E-state index contributed by atoms with van der Waals surface area (Å²) in [6, 6.07) is 14.1. The van der Waals surface area contributed by atoms with Crippen LogP contribution in [0.5, 0.6) is 0 Å². The Balaban J connectivity index is 1.95. The normalized spacial score (nSPS) is 11.2. The molecular weight excluding hydrogens is 530 g/mol. The Morgan fingerprint density at radius 3 is 2.39 bits per heavy atom. The zero-order valence-electron chi connectivity index (χ0n) is 21.6. The standard InChI is InChI=1S/C24H33N7O5S2/c1-31(30-26)23(25)22(18-8-5-4-6-9-18)29-36-16-19-10-7-11-20(27-19)28-24(32)35-17-21(37-14-12-33-2)38-15-13-34-3/h4-11,21,25-26H,12-17H2,1-3H3,(H,27,28,32). The SMILES string of the molecule is COCCSC(COC(=O)Nc1cccc(CON=C(C(=N)N(C)N=N)c2ccccc2)n1)SCCOC. The van der Waals surface area contributed by atoms with Gasteiger partial charge >= 0.3 is 6.09 Å². The number of ether oxygens (including phenoxy) is 3. The van der Waals surface area contributed by atoms with Gasteiger partial charge in [-0.3, -0.25) is 10.7 Å². The van der Waals surface area contributed by atoms with E-state index in [4.69, 9.17) is 30.0 Å². The highest BCUT2D eigenvalue weighted by Crippen LogP contribution is 2.24. The zero-order valence-corrected chi connectivity index (χ0v) is 23.2. The van der Waals surface area contributed by atoms with Crippen LogP contribution in [0.25, 0.3) is 0 Å². The van der Waals surface area contributed by atoms with Crippen molar-refractivity contribution in [3.63, 3.8) is 0 Å². The summed E-state index contributed by atoms with van der Waals surface area (Å²) < 4.78 is 15.7. The van der Waals surface area contributed by atoms with Crippen molar-refractivity contribution in [3.05, 3.63) is 59.8 Å². The van der Waals surface area contributed by atoms with Gasteiger partial charge in [0.2, 0.25) is 0 Å². The molecule has 0 aliphatic carbocycles. The van der Waals surface area contributed by atoms with Crippen molar-refractivity contribution < 1.29 is 23.8 Å². The number of nitrogens with one attached hydrogen (secondary N) is 3. The van der Waals surface area contributed by atoms with Crippen LogP contribution in [0.2, 0.25) is 0 Å². The maximum absolute atomic E-state index is 12.4. The van der Waals surface area contributed by atoms with E-state index in [1.165, 1.54) is 7.05 Å². The van der Waals surface area contributed by atoms with E-state index in [0.29, 0.717) is 30.3 Å². The average Bonchev–Trinajstić information content (AvgIpc) is 2.94. The van der Waals surface area contributed by atoms with Gasteiger partial charge in [0, 0.05) is 38.3 Å². The van der Waals surface area contributed by atoms with Gasteiger partial charge in [0.1, 0.15) is 12.4 Å². The molecule has 0 unspecified atom stereocenters. The van der Waals surface area contributed by atoms with Gasteiger partial charge in [-0.25, -0.2) is 14.8 Å². The summed E-state index contributed by atoms with van der Waals surface area (Å²) in [6.45, 7) is 1.44. The van der Waals surface area contributed by atoms with E-state index in [1.54, 1.807) is 68.1 Å². The van der Waals surface area contributed by atoms with Gasteiger partial charge in [-0.1, -0.05) is 46.8 Å². The molecule has 0 fully saturated rings. The number of aromatic nitrogens is 1. The summed E-state index contributed by atoms with van der Waals surface area (Å²) in [4.78, 5) is 22.2. The van der Waals surface area contributed by atoms with Gasteiger partial charge in [0.05, 0.1) is 23.5 Å². The monoisotopic (exact) mass is 563 g/mol. The number of carbonyl (C=O) groups excluding carboxylic acids is 1. The summed E-state index contributed by atoms with van der Waals surface area (Å²) >= 11 is 3.32. The Bertz CT molecular complexity index is 1040. The first-order valence-corrected chi connectivity index (χ1v) is 13.6. The van der Waals surface area contributed by atoms with Crippen molar-refractivity contribution in [2.75, 3.05) is 57.9 Å². The lowest BCUT2D eigenvalue weighted by atomic mass is 10.1. The molecule has 0 saturated carbocycles. The summed E-state index contributed by atoms with van der Waals surface area (Å²) in [5.74, 6) is 1.78. The minimum Gasteiger partial charge on any atom is -0.447 e. The van der Waals surface area contributed by atoms with Crippen molar-refractivity contribution in [1.82, 2.24) is 9.99 Å². The number of pyridine rings is 1. The largest absolute Gasteiger partial charge is 0.447 e. The third-order valence-electron chi connectivity index (χ3n) is 4.68. The first kappa shape index (κ1) is 31.0. The lowest BCUT2D eigenvalue weighted by Gasteiger charge is -2.16. The van der Waals surface area contributed by atoms with Crippen LogP contribution in [0.15, 0.2) is 58.9 Å². The molecule has 1 amide bonds. The quantitative estimate of drug-likeness (QED) is 0.0630. The van der Waals surface area contributed by atoms with Crippen LogP contribution in [0.1, 0.15) is 11.3 Å². The number of likely N-dealkylation sites (N-methyl/N-ethyl adjacent to an activating group) is 1. The van der Waals surface area contributed by atoms with Gasteiger partial charge in [0.25, 0.3) is 0 Å². The number of nitrogens with zero attached hydrogens (tertiary/aromatic N) is 4. The average molecular weight is 564 g/mol. The molecule has 0 atom stereocenters. The second-order valence-corrected chi connectivity index (χ2v) is 10.4. The van der Waals surface area contributed by atoms with Crippen LogP contribution in [0, 0.1) is 10.9 Å². The van der Waals surface area contributed by atoms with E-state index >= 15 is 0 Å². The Morgan fingerprint density at radius 2 is 1.76 bits per heavy atom. The predicted octanol–water partition coefficient (Wildman–Crippen LogP) is 4.49. The topological polar surface area (TPSA) is 155 Å². The number of hydrogen-bond donors (Lipinski definition) is 3. The first-order chi connectivity index (χ1) is 18.5. The smallest absolute Gasteiger partial charge is 0.412 e. The van der Waals surface area contributed by atoms with Gasteiger partial charge in [0.15, 0.2) is 18.2 Å². The fourth-order valence-electron chi connectivity index (χ4n) is 2.78. The van der Waals surface area contributed by atoms with E-state index in [0.717, 1.165) is 16.5 Å². The van der Waals surface area contributed by atoms with Crippen LogP contribution in [0.4, 0.5) is 10.6 Å². The third-order valence-corrected chi connectivity index (χ3v) is 7.32. The summed E-state index contributed by atoms with van der Waals surface area (Å²) in [5, 5.41) is 19.3. The number of amides is 1. The number of hydrogen-bond acceptors (Lipinski definition) is 12. The Morgan fingerprint density at radius 1 is 1.08 bits per heavy atom. The third kappa shape index (κ3) is 11.5. The van der Waals surface area contributed by atoms with Crippen molar-refractivity contribution in [1.29, 1.82) is 10.9 Å². The zero-order chi connectivity index (χ0) is 27.6. The van der Waals surface area contributed by atoms with Gasteiger partial charge in [-0.05, 0) is 12.1 Å². The number of rotatable bonds is 17. The minimum atomic E-state index is -0.611. The van der Waals surface area contributed by atoms with Crippen LogP contribution in [0.3, 0.4) is 0 Å². The molecule has 0 saturated heterocycles. The molecule has 2 rings (SSSR count). The van der Waals surface area contributed by atoms with Crippen LogP contribution >= 0.6 is 23.5 Å².